The minimum absolute atomic E-state index is 0.00434. The van der Waals surface area contributed by atoms with Crippen molar-refractivity contribution in [1.29, 1.82) is 0 Å². The van der Waals surface area contributed by atoms with E-state index in [1.807, 2.05) is 25.1 Å². The highest BCUT2D eigenvalue weighted by atomic mass is 32.2. The SMILES string of the molecule is CC(Sc1nc2c(n1-c1ccccc1)CCCC2)c1nc(N)nc(N(C)C)n1. The Labute approximate surface area is 169 Å². The molecule has 2 aromatic heterocycles. The molecule has 1 aromatic carbocycles. The molecule has 1 aliphatic rings. The molecule has 146 valence electrons. The van der Waals surface area contributed by atoms with Gasteiger partial charge in [-0.15, -0.1) is 0 Å². The van der Waals surface area contributed by atoms with E-state index in [1.165, 1.54) is 24.2 Å². The van der Waals surface area contributed by atoms with Gasteiger partial charge in [0.1, 0.15) is 5.82 Å². The number of thioether (sulfide) groups is 1. The number of anilines is 2. The van der Waals surface area contributed by atoms with Gasteiger partial charge in [0.05, 0.1) is 10.9 Å². The molecular weight excluding hydrogens is 370 g/mol. The van der Waals surface area contributed by atoms with Gasteiger partial charge in [-0.1, -0.05) is 30.0 Å². The fourth-order valence-corrected chi connectivity index (χ4v) is 4.44. The highest BCUT2D eigenvalue weighted by molar-refractivity contribution is 7.99. The molecule has 8 heteroatoms. The van der Waals surface area contributed by atoms with Gasteiger partial charge < -0.3 is 10.6 Å². The van der Waals surface area contributed by atoms with Crippen LogP contribution in [0.25, 0.3) is 5.69 Å². The maximum atomic E-state index is 5.91. The Morgan fingerprint density at radius 2 is 1.79 bits per heavy atom. The first kappa shape index (κ1) is 18.7. The van der Waals surface area contributed by atoms with Crippen LogP contribution in [0.5, 0.6) is 0 Å². The van der Waals surface area contributed by atoms with E-state index in [4.69, 9.17) is 10.7 Å². The van der Waals surface area contributed by atoms with Crippen LogP contribution in [0.2, 0.25) is 0 Å². The maximum Gasteiger partial charge on any atom is 0.229 e. The van der Waals surface area contributed by atoms with Crippen LogP contribution in [0.15, 0.2) is 35.5 Å². The van der Waals surface area contributed by atoms with Gasteiger partial charge in [0.15, 0.2) is 5.16 Å². The number of para-hydroxylation sites is 1. The summed E-state index contributed by atoms with van der Waals surface area (Å²) < 4.78 is 2.30. The Balaban J connectivity index is 1.71. The first-order valence-corrected chi connectivity index (χ1v) is 10.4. The molecule has 1 aliphatic carbocycles. The van der Waals surface area contributed by atoms with Crippen molar-refractivity contribution in [2.45, 2.75) is 43.0 Å². The molecule has 7 nitrogen and oxygen atoms in total. The van der Waals surface area contributed by atoms with Gasteiger partial charge in [-0.3, -0.25) is 4.57 Å². The summed E-state index contributed by atoms with van der Waals surface area (Å²) in [5, 5.41) is 0.978. The first-order chi connectivity index (χ1) is 13.5. The average molecular weight is 396 g/mol. The molecule has 2 N–H and O–H groups in total. The zero-order chi connectivity index (χ0) is 19.7. The van der Waals surface area contributed by atoms with E-state index in [2.05, 4.69) is 50.7 Å². The lowest BCUT2D eigenvalue weighted by molar-refractivity contribution is 0.654. The van der Waals surface area contributed by atoms with Gasteiger partial charge in [-0.05, 0) is 44.7 Å². The van der Waals surface area contributed by atoms with Gasteiger partial charge in [-0.25, -0.2) is 4.98 Å². The minimum atomic E-state index is -0.00434. The molecule has 0 radical (unpaired) electrons. The highest BCUT2D eigenvalue weighted by Gasteiger charge is 2.24. The molecule has 28 heavy (non-hydrogen) atoms. The summed E-state index contributed by atoms with van der Waals surface area (Å²) in [5.74, 6) is 1.48. The topological polar surface area (TPSA) is 85.8 Å². The molecular formula is C20H25N7S. The van der Waals surface area contributed by atoms with Gasteiger partial charge in [0, 0.05) is 25.5 Å². The normalized spacial score (nSPS) is 14.5. The van der Waals surface area contributed by atoms with Crippen LogP contribution in [0, 0.1) is 0 Å². The van der Waals surface area contributed by atoms with Crippen LogP contribution in [-0.2, 0) is 12.8 Å². The van der Waals surface area contributed by atoms with Crippen molar-refractivity contribution in [3.8, 4) is 5.69 Å². The Morgan fingerprint density at radius 1 is 1.04 bits per heavy atom. The summed E-state index contributed by atoms with van der Waals surface area (Å²) in [6.45, 7) is 2.09. The molecule has 4 rings (SSSR count). The number of benzene rings is 1. The lowest BCUT2D eigenvalue weighted by atomic mass is 10.0. The van der Waals surface area contributed by atoms with Crippen molar-refractivity contribution in [3.63, 3.8) is 0 Å². The Kier molecular flexibility index (Phi) is 5.21. The third-order valence-corrected chi connectivity index (χ3v) is 5.87. The first-order valence-electron chi connectivity index (χ1n) is 9.54. The number of aryl methyl sites for hydroxylation is 1. The van der Waals surface area contributed by atoms with Crippen molar-refractivity contribution < 1.29 is 0 Å². The van der Waals surface area contributed by atoms with Crippen LogP contribution >= 0.6 is 11.8 Å². The molecule has 0 bridgehead atoms. The van der Waals surface area contributed by atoms with Crippen molar-refractivity contribution in [3.05, 3.63) is 47.5 Å². The second-order valence-electron chi connectivity index (χ2n) is 7.17. The zero-order valence-corrected chi connectivity index (χ0v) is 17.3. The van der Waals surface area contributed by atoms with Gasteiger partial charge in [-0.2, -0.15) is 15.0 Å². The van der Waals surface area contributed by atoms with E-state index in [9.17, 15) is 0 Å². The standard InChI is InChI=1S/C20H25N7S/c1-13(17-23-18(21)25-19(24-17)26(2)3)28-20-22-15-11-7-8-12-16(15)27(20)14-9-5-4-6-10-14/h4-6,9-10,13H,7-8,11-12H2,1-3H3,(H2,21,23,24,25). The third kappa shape index (κ3) is 3.69. The fraction of sp³-hybridized carbons (Fsp3) is 0.400. The number of nitrogen functional groups attached to an aromatic ring is 1. The highest BCUT2D eigenvalue weighted by Crippen LogP contribution is 2.37. The molecule has 0 fully saturated rings. The Hall–Kier alpha value is -2.61. The average Bonchev–Trinajstić information content (AvgIpc) is 3.05. The third-order valence-electron chi connectivity index (χ3n) is 4.82. The second-order valence-corrected chi connectivity index (χ2v) is 8.48. The van der Waals surface area contributed by atoms with Crippen molar-refractivity contribution in [2.75, 3.05) is 24.7 Å². The van der Waals surface area contributed by atoms with E-state index >= 15 is 0 Å². The summed E-state index contributed by atoms with van der Waals surface area (Å²) in [4.78, 5) is 20.0. The number of imidazole rings is 1. The van der Waals surface area contributed by atoms with Crippen molar-refractivity contribution in [2.24, 2.45) is 0 Å². The Bertz CT molecular complexity index is 968. The minimum Gasteiger partial charge on any atom is -0.368 e. The summed E-state index contributed by atoms with van der Waals surface area (Å²) >= 11 is 1.67. The molecule has 3 aromatic rings. The predicted octanol–water partition coefficient (Wildman–Crippen LogP) is 3.44. The van der Waals surface area contributed by atoms with Crippen LogP contribution in [-0.4, -0.2) is 38.6 Å². The van der Waals surface area contributed by atoms with E-state index in [0.29, 0.717) is 11.8 Å². The van der Waals surface area contributed by atoms with E-state index < -0.39 is 0 Å². The second kappa shape index (κ2) is 7.79. The van der Waals surface area contributed by atoms with Crippen molar-refractivity contribution >= 4 is 23.7 Å². The smallest absolute Gasteiger partial charge is 0.229 e. The van der Waals surface area contributed by atoms with E-state index in [0.717, 1.165) is 23.7 Å². The van der Waals surface area contributed by atoms with Crippen LogP contribution < -0.4 is 10.6 Å². The molecule has 2 heterocycles. The Morgan fingerprint density at radius 3 is 2.54 bits per heavy atom. The number of fused-ring (bicyclic) bond motifs is 1. The van der Waals surface area contributed by atoms with Gasteiger partial charge in [0.2, 0.25) is 11.9 Å². The quantitative estimate of drug-likeness (QED) is 0.662. The van der Waals surface area contributed by atoms with E-state index in [-0.39, 0.29) is 11.2 Å². The largest absolute Gasteiger partial charge is 0.368 e. The molecule has 0 amide bonds. The molecule has 0 spiro atoms. The zero-order valence-electron chi connectivity index (χ0n) is 16.5. The molecule has 0 saturated carbocycles. The maximum absolute atomic E-state index is 5.91. The number of nitrogens with two attached hydrogens (primary N) is 1. The molecule has 0 saturated heterocycles. The van der Waals surface area contributed by atoms with Crippen LogP contribution in [0.3, 0.4) is 0 Å². The number of hydrogen-bond acceptors (Lipinski definition) is 7. The predicted molar refractivity (Wildman–Crippen MR) is 113 cm³/mol. The molecule has 1 atom stereocenters. The number of rotatable bonds is 5. The monoisotopic (exact) mass is 395 g/mol. The van der Waals surface area contributed by atoms with Gasteiger partial charge >= 0.3 is 0 Å². The summed E-state index contributed by atoms with van der Waals surface area (Å²) in [6.07, 6.45) is 4.52. The van der Waals surface area contributed by atoms with Crippen LogP contribution in [0.4, 0.5) is 11.9 Å². The number of hydrogen-bond donors (Lipinski definition) is 1. The summed E-state index contributed by atoms with van der Waals surface area (Å²) in [7, 11) is 3.79. The summed E-state index contributed by atoms with van der Waals surface area (Å²) in [6, 6.07) is 10.4. The fourth-order valence-electron chi connectivity index (χ4n) is 3.43. The number of nitrogens with zero attached hydrogens (tertiary/aromatic N) is 6. The van der Waals surface area contributed by atoms with Crippen LogP contribution in [0.1, 0.15) is 42.2 Å². The van der Waals surface area contributed by atoms with E-state index in [1.54, 1.807) is 11.8 Å². The molecule has 1 unspecified atom stereocenters. The number of aromatic nitrogens is 5. The molecule has 0 aliphatic heterocycles. The lowest BCUT2D eigenvalue weighted by Gasteiger charge is -2.17. The van der Waals surface area contributed by atoms with Crippen molar-refractivity contribution in [1.82, 2.24) is 24.5 Å². The van der Waals surface area contributed by atoms with Gasteiger partial charge in [0.25, 0.3) is 0 Å². The summed E-state index contributed by atoms with van der Waals surface area (Å²) in [5.41, 5.74) is 9.61. The lowest BCUT2D eigenvalue weighted by Crippen LogP contribution is -2.16.